The van der Waals surface area contributed by atoms with E-state index >= 15 is 0 Å². The lowest BCUT2D eigenvalue weighted by Crippen LogP contribution is -2.46. The van der Waals surface area contributed by atoms with Crippen molar-refractivity contribution in [2.24, 2.45) is 7.05 Å². The van der Waals surface area contributed by atoms with Crippen LogP contribution in [0, 0.1) is 0 Å². The minimum absolute atomic E-state index is 0.0702. The molecule has 0 amide bonds. The van der Waals surface area contributed by atoms with Crippen molar-refractivity contribution in [3.63, 3.8) is 0 Å². The summed E-state index contributed by atoms with van der Waals surface area (Å²) in [5, 5.41) is 29.0. The first kappa shape index (κ1) is 13.9. The number of anilines is 1. The summed E-state index contributed by atoms with van der Waals surface area (Å²) in [6.45, 7) is -0.434. The first-order chi connectivity index (χ1) is 9.93. The smallest absolute Gasteiger partial charge is 0.313 e. The number of nitrogens with one attached hydrogen (secondary N) is 1. The maximum atomic E-state index is 11.9. The molecule has 1 saturated heterocycles. The van der Waals surface area contributed by atoms with Crippen molar-refractivity contribution in [3.05, 3.63) is 16.7 Å². The molecule has 114 valence electrons. The standard InChI is InChI=1S/C11H15N5O5/c1-15-3-16(8-5(15)9(20)14-11(12)13-8)10-7(19)6(18)4(2-17)21-10/h3-4,6-7,10,17-19H,2H2,1H3,(H2-,12,13,14,20)/p+1/t4-,6+,7+,10-/m1/s1. The van der Waals surface area contributed by atoms with Crippen molar-refractivity contribution >= 4 is 17.1 Å². The molecule has 0 saturated carbocycles. The van der Waals surface area contributed by atoms with E-state index in [2.05, 4.69) is 9.97 Å². The van der Waals surface area contributed by atoms with Crippen LogP contribution < -0.4 is 15.9 Å². The van der Waals surface area contributed by atoms with Gasteiger partial charge in [-0.3, -0.25) is 14.3 Å². The number of hydrogen-bond donors (Lipinski definition) is 5. The molecule has 10 nitrogen and oxygen atoms in total. The van der Waals surface area contributed by atoms with Gasteiger partial charge >= 0.3 is 5.65 Å². The number of aliphatic hydroxyl groups is 3. The van der Waals surface area contributed by atoms with Crippen LogP contribution in [0.3, 0.4) is 0 Å². The molecule has 4 atom stereocenters. The van der Waals surface area contributed by atoms with Gasteiger partial charge in [-0.05, 0) is 0 Å². The van der Waals surface area contributed by atoms with Gasteiger partial charge in [0.1, 0.15) is 18.3 Å². The molecule has 0 radical (unpaired) electrons. The van der Waals surface area contributed by atoms with Gasteiger partial charge < -0.3 is 25.8 Å². The third kappa shape index (κ3) is 2.00. The Balaban J connectivity index is 2.16. The Bertz CT molecular complexity index is 740. The molecule has 3 heterocycles. The maximum Gasteiger partial charge on any atom is 0.313 e. The Labute approximate surface area is 118 Å². The minimum atomic E-state index is -1.26. The predicted molar refractivity (Wildman–Crippen MR) is 69.0 cm³/mol. The Hall–Kier alpha value is -2.01. The number of hydrogen-bond acceptors (Lipinski definition) is 7. The quantitative estimate of drug-likeness (QED) is 0.365. The van der Waals surface area contributed by atoms with Gasteiger partial charge in [-0.2, -0.15) is 0 Å². The molecule has 1 fully saturated rings. The summed E-state index contributed by atoms with van der Waals surface area (Å²) in [4.78, 5) is 18.3. The number of nitrogens with two attached hydrogens (primary N) is 1. The van der Waals surface area contributed by atoms with Crippen molar-refractivity contribution in [1.29, 1.82) is 0 Å². The van der Waals surface area contributed by atoms with E-state index in [1.807, 2.05) is 0 Å². The van der Waals surface area contributed by atoms with Crippen LogP contribution in [0.15, 0.2) is 11.1 Å². The van der Waals surface area contributed by atoms with Crippen molar-refractivity contribution in [1.82, 2.24) is 14.5 Å². The number of nitrogens with zero attached hydrogens (tertiary/aromatic N) is 3. The second-order valence-corrected chi connectivity index (χ2v) is 4.99. The minimum Gasteiger partial charge on any atom is -0.394 e. The molecule has 3 rings (SSSR count). The zero-order valence-corrected chi connectivity index (χ0v) is 11.2. The zero-order valence-electron chi connectivity index (χ0n) is 11.2. The molecular weight excluding hydrogens is 282 g/mol. The van der Waals surface area contributed by atoms with Crippen LogP contribution in [-0.4, -0.2) is 54.8 Å². The highest BCUT2D eigenvalue weighted by molar-refractivity contribution is 5.67. The highest BCUT2D eigenvalue weighted by Crippen LogP contribution is 2.26. The molecule has 10 heteroatoms. The second kappa shape index (κ2) is 4.77. The highest BCUT2D eigenvalue weighted by Gasteiger charge is 2.46. The number of aliphatic hydroxyl groups excluding tert-OH is 3. The average Bonchev–Trinajstić information content (AvgIpc) is 2.89. The molecule has 0 spiro atoms. The number of H-pyrrole nitrogens is 1. The van der Waals surface area contributed by atoms with Crippen LogP contribution in [0.4, 0.5) is 5.95 Å². The van der Waals surface area contributed by atoms with Crippen LogP contribution in [-0.2, 0) is 11.8 Å². The molecule has 0 aromatic carbocycles. The van der Waals surface area contributed by atoms with Crippen molar-refractivity contribution < 1.29 is 24.6 Å². The highest BCUT2D eigenvalue weighted by atomic mass is 16.6. The van der Waals surface area contributed by atoms with Gasteiger partial charge in [-0.1, -0.05) is 4.98 Å². The van der Waals surface area contributed by atoms with E-state index in [1.54, 1.807) is 7.05 Å². The lowest BCUT2D eigenvalue weighted by Gasteiger charge is -2.11. The molecule has 1 aliphatic heterocycles. The molecule has 0 aliphatic carbocycles. The monoisotopic (exact) mass is 298 g/mol. The maximum absolute atomic E-state index is 11.9. The van der Waals surface area contributed by atoms with Crippen LogP contribution in [0.2, 0.25) is 0 Å². The molecule has 2 aromatic rings. The molecule has 0 bridgehead atoms. The first-order valence-electron chi connectivity index (χ1n) is 6.32. The van der Waals surface area contributed by atoms with Crippen LogP contribution in [0.25, 0.3) is 11.2 Å². The summed E-state index contributed by atoms with van der Waals surface area (Å²) in [5.74, 6) is -0.0702. The zero-order chi connectivity index (χ0) is 15.3. The Morgan fingerprint density at radius 2 is 2.24 bits per heavy atom. The molecule has 6 N–H and O–H groups in total. The Morgan fingerprint density at radius 3 is 2.86 bits per heavy atom. The van der Waals surface area contributed by atoms with Gasteiger partial charge in [-0.25, -0.2) is 4.57 Å². The van der Waals surface area contributed by atoms with Gasteiger partial charge in [-0.15, -0.1) is 0 Å². The van der Waals surface area contributed by atoms with E-state index in [9.17, 15) is 15.0 Å². The summed E-state index contributed by atoms with van der Waals surface area (Å²) in [6.07, 6.45) is -2.88. The molecule has 2 aromatic heterocycles. The lowest BCUT2D eigenvalue weighted by atomic mass is 10.1. The summed E-state index contributed by atoms with van der Waals surface area (Å²) in [6, 6.07) is 0. The largest absolute Gasteiger partial charge is 0.394 e. The van der Waals surface area contributed by atoms with Gasteiger partial charge in [0.15, 0.2) is 6.33 Å². The number of aromatic nitrogens is 4. The van der Waals surface area contributed by atoms with Gasteiger partial charge in [0.2, 0.25) is 11.7 Å². The summed E-state index contributed by atoms with van der Waals surface area (Å²) < 4.78 is 8.35. The number of aromatic amines is 1. The Morgan fingerprint density at radius 1 is 1.52 bits per heavy atom. The van der Waals surface area contributed by atoms with Gasteiger partial charge in [0, 0.05) is 0 Å². The number of aryl methyl sites for hydroxylation is 1. The second-order valence-electron chi connectivity index (χ2n) is 4.99. The number of nitrogen functional groups attached to an aromatic ring is 1. The van der Waals surface area contributed by atoms with E-state index in [1.165, 1.54) is 15.5 Å². The summed E-state index contributed by atoms with van der Waals surface area (Å²) >= 11 is 0. The fourth-order valence-corrected chi connectivity index (χ4v) is 2.57. The van der Waals surface area contributed by atoms with E-state index in [4.69, 9.17) is 15.6 Å². The number of ether oxygens (including phenoxy) is 1. The van der Waals surface area contributed by atoms with E-state index < -0.39 is 36.7 Å². The van der Waals surface area contributed by atoms with Crippen LogP contribution in [0.1, 0.15) is 6.23 Å². The van der Waals surface area contributed by atoms with Gasteiger partial charge in [0.05, 0.1) is 13.7 Å². The van der Waals surface area contributed by atoms with E-state index in [-0.39, 0.29) is 17.1 Å². The van der Waals surface area contributed by atoms with E-state index in [0.717, 1.165) is 0 Å². The van der Waals surface area contributed by atoms with Crippen molar-refractivity contribution in [3.8, 4) is 0 Å². The summed E-state index contributed by atoms with van der Waals surface area (Å²) in [7, 11) is 1.63. The molecule has 21 heavy (non-hydrogen) atoms. The lowest BCUT2D eigenvalue weighted by molar-refractivity contribution is -0.745. The summed E-state index contributed by atoms with van der Waals surface area (Å²) in [5.41, 5.74) is 5.58. The number of imidazole rings is 1. The molecular formula is C11H16N5O5+. The average molecular weight is 298 g/mol. The third-order valence-electron chi connectivity index (χ3n) is 3.58. The number of rotatable bonds is 2. The van der Waals surface area contributed by atoms with Crippen LogP contribution >= 0.6 is 0 Å². The molecule has 1 aliphatic rings. The third-order valence-corrected chi connectivity index (χ3v) is 3.58. The van der Waals surface area contributed by atoms with Crippen molar-refractivity contribution in [2.75, 3.05) is 12.3 Å². The van der Waals surface area contributed by atoms with Crippen LogP contribution in [0.5, 0.6) is 0 Å². The normalized spacial score (nSPS) is 29.3. The topological polar surface area (TPSA) is 150 Å². The first-order valence-corrected chi connectivity index (χ1v) is 6.32. The molecule has 0 unspecified atom stereocenters. The van der Waals surface area contributed by atoms with E-state index in [0.29, 0.717) is 0 Å². The number of fused-ring (bicyclic) bond motifs is 1. The fraction of sp³-hybridized carbons (Fsp3) is 0.545. The van der Waals surface area contributed by atoms with Crippen molar-refractivity contribution in [2.45, 2.75) is 24.5 Å². The SMILES string of the molecule is Cn1c[n+]([C@@H]2O[C@H](CO)[C@H](O)[C@@H]2O)c2nc(N)[nH]c(=O)c21. The predicted octanol–water partition coefficient (Wildman–Crippen LogP) is -3.26. The Kier molecular flexibility index (Phi) is 3.17. The van der Waals surface area contributed by atoms with Gasteiger partial charge in [0.25, 0.3) is 11.5 Å². The fourth-order valence-electron chi connectivity index (χ4n) is 2.57.